The standard InChI is InChI=1S/C81H82O2/c1-7-11-15-19-21-27-52-79(5)72-35-25-23-32-67(72)69-49-38-59(56-75(69)79)60-39-51-71-77(57-60)81(62-41-45-64(46-42-62)82-54-29-17-13-9-3,63-43-47-65(48-44-63)83-55-30-18-14-10-4)74-37-31-34-66(78(71)74)61-40-50-70-68-33-24-26-36-73(68)80(6,76(70)58-61)53-28-22-20-16-12-8-2/h3,23-26,31-51,56-58H,7-8,10-12,14-16,18-22,27-28,30,52-53,55H2,1-2,4-6H3. The predicted molar refractivity (Wildman–Crippen MR) is 349 cm³/mol. The van der Waals surface area contributed by atoms with E-state index in [0.717, 1.165) is 30.6 Å². The van der Waals surface area contributed by atoms with Crippen LogP contribution in [0.5, 0.6) is 11.5 Å². The average Bonchev–Trinajstić information content (AvgIpc) is 1.91. The van der Waals surface area contributed by atoms with Crippen molar-refractivity contribution in [2.24, 2.45) is 0 Å². The highest BCUT2D eigenvalue weighted by Gasteiger charge is 2.48. The largest absolute Gasteiger partial charge is 0.494 e. The summed E-state index contributed by atoms with van der Waals surface area (Å²) < 4.78 is 12.5. The lowest BCUT2D eigenvalue weighted by Gasteiger charge is -2.34. The monoisotopic (exact) mass is 1090 g/mol. The summed E-state index contributed by atoms with van der Waals surface area (Å²) in [6.07, 6.45) is 30.4. The normalized spacial score (nSPS) is 17.3. The van der Waals surface area contributed by atoms with Crippen molar-refractivity contribution < 1.29 is 9.47 Å². The molecule has 3 aliphatic rings. The number of rotatable bonds is 25. The minimum atomic E-state index is -0.739. The molecule has 0 heterocycles. The number of ether oxygens (including phenoxy) is 2. The molecule has 3 aliphatic carbocycles. The fraction of sp³-hybridized carbons (Fsp3) is 0.333. The Balaban J connectivity index is 1.08. The highest BCUT2D eigenvalue weighted by Crippen LogP contribution is 2.61. The second-order valence-corrected chi connectivity index (χ2v) is 24.2. The molecule has 0 aliphatic heterocycles. The molecule has 0 radical (unpaired) electrons. The van der Waals surface area contributed by atoms with Crippen LogP contribution in [-0.4, -0.2) is 6.61 Å². The molecule has 0 aromatic heterocycles. The van der Waals surface area contributed by atoms with Crippen molar-refractivity contribution in [2.45, 2.75) is 166 Å². The van der Waals surface area contributed by atoms with Gasteiger partial charge in [-0.25, -0.2) is 0 Å². The third kappa shape index (κ3) is 11.0. The zero-order valence-electron chi connectivity index (χ0n) is 50.0. The highest BCUT2D eigenvalue weighted by atomic mass is 16.5. The second-order valence-electron chi connectivity index (χ2n) is 24.2. The molecule has 8 aromatic carbocycles. The van der Waals surface area contributed by atoms with Gasteiger partial charge in [-0.05, 0) is 174 Å². The first-order valence-electron chi connectivity index (χ1n) is 31.5. The zero-order chi connectivity index (χ0) is 57.2. The number of terminal acetylenes is 1. The van der Waals surface area contributed by atoms with Gasteiger partial charge in [0.2, 0.25) is 0 Å². The van der Waals surface area contributed by atoms with Gasteiger partial charge in [-0.3, -0.25) is 0 Å². The molecule has 3 unspecified atom stereocenters. The van der Waals surface area contributed by atoms with Gasteiger partial charge in [0.1, 0.15) is 17.6 Å². The molecule has 0 N–H and O–H groups in total. The molecular weight excluding hydrogens is 1000 g/mol. The Morgan fingerprint density at radius 2 is 0.831 bits per heavy atom. The Hall–Kier alpha value is -7.96. The van der Waals surface area contributed by atoms with Crippen LogP contribution < -0.4 is 9.47 Å². The van der Waals surface area contributed by atoms with Crippen LogP contribution in [0.4, 0.5) is 0 Å². The fourth-order valence-electron chi connectivity index (χ4n) is 14.6. The maximum atomic E-state index is 6.48. The molecule has 0 amide bonds. The van der Waals surface area contributed by atoms with Gasteiger partial charge in [0.25, 0.3) is 0 Å². The molecule has 3 atom stereocenters. The summed E-state index contributed by atoms with van der Waals surface area (Å²) in [4.78, 5) is 0. The summed E-state index contributed by atoms with van der Waals surface area (Å²) in [5.41, 5.74) is 22.7. The van der Waals surface area contributed by atoms with Crippen molar-refractivity contribution in [3.05, 3.63) is 214 Å². The molecule has 2 heteroatoms. The van der Waals surface area contributed by atoms with Crippen LogP contribution in [-0.2, 0) is 16.2 Å². The topological polar surface area (TPSA) is 18.5 Å². The quantitative estimate of drug-likeness (QED) is 0.0419. The molecule has 11 rings (SSSR count). The van der Waals surface area contributed by atoms with Crippen molar-refractivity contribution in [3.8, 4) is 103 Å². The van der Waals surface area contributed by atoms with Gasteiger partial charge in [-0.1, -0.05) is 258 Å². The zero-order valence-corrected chi connectivity index (χ0v) is 50.0. The minimum absolute atomic E-state index is 0.0812. The predicted octanol–water partition coefficient (Wildman–Crippen LogP) is 21.4. The van der Waals surface area contributed by atoms with Crippen LogP contribution >= 0.6 is 0 Å². The molecule has 0 spiro atoms. The molecule has 0 saturated heterocycles. The van der Waals surface area contributed by atoms with E-state index >= 15 is 0 Å². The Morgan fingerprint density at radius 3 is 1.41 bits per heavy atom. The van der Waals surface area contributed by atoms with E-state index in [-0.39, 0.29) is 10.8 Å². The van der Waals surface area contributed by atoms with Crippen LogP contribution in [0, 0.1) is 36.2 Å². The van der Waals surface area contributed by atoms with E-state index in [1.165, 1.54) is 191 Å². The van der Waals surface area contributed by atoms with E-state index in [9.17, 15) is 0 Å². The van der Waals surface area contributed by atoms with Crippen molar-refractivity contribution in [1.29, 1.82) is 0 Å². The Labute approximate surface area is 497 Å². The van der Waals surface area contributed by atoms with Gasteiger partial charge >= 0.3 is 0 Å². The third-order valence-electron chi connectivity index (χ3n) is 19.0. The first-order valence-corrected chi connectivity index (χ1v) is 31.5. The molecule has 2 nitrogen and oxygen atoms in total. The van der Waals surface area contributed by atoms with Crippen molar-refractivity contribution >= 4 is 0 Å². The molecule has 0 fully saturated rings. The van der Waals surface area contributed by atoms with Gasteiger partial charge in [-0.2, -0.15) is 0 Å². The van der Waals surface area contributed by atoms with E-state index in [0.29, 0.717) is 12.4 Å². The van der Waals surface area contributed by atoms with E-state index < -0.39 is 5.41 Å². The number of unbranched alkanes of at least 4 members (excludes halogenated alkanes) is 13. The summed E-state index contributed by atoms with van der Waals surface area (Å²) in [6, 6.07) is 65.1. The van der Waals surface area contributed by atoms with Gasteiger partial charge < -0.3 is 9.47 Å². The van der Waals surface area contributed by atoms with Gasteiger partial charge in [0.05, 0.1) is 12.0 Å². The second kappa shape index (κ2) is 25.7. The third-order valence-corrected chi connectivity index (χ3v) is 19.0. The maximum absolute atomic E-state index is 6.48. The van der Waals surface area contributed by atoms with Crippen LogP contribution in [0.3, 0.4) is 0 Å². The van der Waals surface area contributed by atoms with Gasteiger partial charge in [0, 0.05) is 22.7 Å². The Morgan fingerprint density at radius 1 is 0.373 bits per heavy atom. The summed E-state index contributed by atoms with van der Waals surface area (Å²) in [5, 5.41) is 0. The van der Waals surface area contributed by atoms with Crippen LogP contribution in [0.2, 0.25) is 0 Å². The van der Waals surface area contributed by atoms with Crippen molar-refractivity contribution in [3.63, 3.8) is 0 Å². The summed E-state index contributed by atoms with van der Waals surface area (Å²) in [5.74, 6) is 11.8. The van der Waals surface area contributed by atoms with E-state index in [2.05, 4.69) is 222 Å². The van der Waals surface area contributed by atoms with E-state index in [4.69, 9.17) is 15.9 Å². The Kier molecular flexibility index (Phi) is 17.6. The van der Waals surface area contributed by atoms with Crippen molar-refractivity contribution in [1.82, 2.24) is 0 Å². The molecule has 0 bridgehead atoms. The molecule has 8 aromatic rings. The number of hydrogen-bond acceptors (Lipinski definition) is 2. The minimum Gasteiger partial charge on any atom is -0.494 e. The molecular formula is C81H82O2. The average molecular weight is 1090 g/mol. The van der Waals surface area contributed by atoms with Gasteiger partial charge in [-0.15, -0.1) is 6.42 Å². The first kappa shape index (κ1) is 56.9. The van der Waals surface area contributed by atoms with E-state index in [1.807, 2.05) is 12.1 Å². The Bertz CT molecular complexity index is 3770. The first-order chi connectivity index (χ1) is 40.8. The summed E-state index contributed by atoms with van der Waals surface area (Å²) in [6.45, 7) is 12.6. The maximum Gasteiger partial charge on any atom is 0.140 e. The van der Waals surface area contributed by atoms with E-state index in [1.54, 1.807) is 0 Å². The van der Waals surface area contributed by atoms with Crippen LogP contribution in [0.1, 0.15) is 195 Å². The van der Waals surface area contributed by atoms with Crippen LogP contribution in [0.15, 0.2) is 170 Å². The number of benzene rings is 8. The molecule has 83 heavy (non-hydrogen) atoms. The summed E-state index contributed by atoms with van der Waals surface area (Å²) >= 11 is 0. The summed E-state index contributed by atoms with van der Waals surface area (Å²) in [7, 11) is 0. The number of fused-ring (bicyclic) bond motifs is 9. The molecule has 0 saturated carbocycles. The number of hydrogen-bond donors (Lipinski definition) is 0. The lowest BCUT2D eigenvalue weighted by Crippen LogP contribution is -2.28. The lowest BCUT2D eigenvalue weighted by atomic mass is 9.67. The highest BCUT2D eigenvalue weighted by molar-refractivity contribution is 5.98. The SMILES string of the molecule is C#CC#CC#COc1ccc(C2(c3ccc(OCCCCCC)cc3)c3cc(-c4ccc5c(c4)C(C)(CCCCCCCC)c4ccccc4-5)ccc3-c3c(-c4ccc5c(c4)C(C)(CCCCCCCC)c4ccccc4-5)cccc32)cc1. The van der Waals surface area contributed by atoms with Crippen LogP contribution in [0.25, 0.3) is 55.6 Å². The lowest BCUT2D eigenvalue weighted by molar-refractivity contribution is 0.305. The van der Waals surface area contributed by atoms with Crippen molar-refractivity contribution in [2.75, 3.05) is 6.61 Å². The molecule has 418 valence electrons. The smallest absolute Gasteiger partial charge is 0.140 e. The fourth-order valence-corrected chi connectivity index (χ4v) is 14.6. The van der Waals surface area contributed by atoms with Gasteiger partial charge in [0.15, 0.2) is 0 Å².